The first-order valence-electron chi connectivity index (χ1n) is 8.09. The molecule has 1 fully saturated rings. The lowest BCUT2D eigenvalue weighted by Gasteiger charge is -2.24. The molecule has 0 saturated carbocycles. The van der Waals surface area contributed by atoms with Crippen molar-refractivity contribution < 1.29 is 28.9 Å². The molecule has 0 spiro atoms. The van der Waals surface area contributed by atoms with E-state index in [1.165, 1.54) is 12.0 Å². The van der Waals surface area contributed by atoms with Gasteiger partial charge in [0.05, 0.1) is 20.1 Å². The second kappa shape index (κ2) is 7.21. The highest BCUT2D eigenvalue weighted by molar-refractivity contribution is 5.76. The summed E-state index contributed by atoms with van der Waals surface area (Å²) in [4.78, 5) is 25.5. The molecule has 7 nitrogen and oxygen atoms in total. The van der Waals surface area contributed by atoms with Gasteiger partial charge in [0, 0.05) is 30.6 Å². The molecular weight excluding hydrogens is 326 g/mol. The molecule has 2 atom stereocenters. The molecule has 2 unspecified atom stereocenters. The van der Waals surface area contributed by atoms with E-state index in [1.54, 1.807) is 46.1 Å². The summed E-state index contributed by atoms with van der Waals surface area (Å²) in [6.07, 6.45) is -0.506. The van der Waals surface area contributed by atoms with Gasteiger partial charge in [-0.15, -0.1) is 0 Å². The number of benzene rings is 1. The molecule has 1 N–H and O–H groups in total. The molecule has 7 heteroatoms. The van der Waals surface area contributed by atoms with Gasteiger partial charge in [-0.2, -0.15) is 0 Å². The van der Waals surface area contributed by atoms with Gasteiger partial charge in [0.1, 0.15) is 17.1 Å². The monoisotopic (exact) mass is 351 g/mol. The Morgan fingerprint density at radius 1 is 1.16 bits per heavy atom. The van der Waals surface area contributed by atoms with Crippen LogP contribution in [0.1, 0.15) is 32.3 Å². The lowest BCUT2D eigenvalue weighted by atomic mass is 9.88. The number of nitrogens with zero attached hydrogens (tertiary/aromatic N) is 1. The Morgan fingerprint density at radius 2 is 1.84 bits per heavy atom. The number of aliphatic carboxylic acids is 1. The highest BCUT2D eigenvalue weighted by Crippen LogP contribution is 2.39. The minimum Gasteiger partial charge on any atom is -0.497 e. The van der Waals surface area contributed by atoms with Crippen molar-refractivity contribution in [2.75, 3.05) is 27.3 Å². The number of hydrogen-bond acceptors (Lipinski definition) is 5. The summed E-state index contributed by atoms with van der Waals surface area (Å²) in [7, 11) is 3.07. The van der Waals surface area contributed by atoms with Crippen LogP contribution in [0.15, 0.2) is 18.2 Å². The number of ether oxygens (including phenoxy) is 3. The Labute approximate surface area is 147 Å². The van der Waals surface area contributed by atoms with Crippen LogP contribution >= 0.6 is 0 Å². The number of likely N-dealkylation sites (tertiary alicyclic amines) is 1. The van der Waals surface area contributed by atoms with Gasteiger partial charge >= 0.3 is 12.1 Å². The zero-order valence-corrected chi connectivity index (χ0v) is 15.2. The van der Waals surface area contributed by atoms with Gasteiger partial charge in [0.2, 0.25) is 0 Å². The van der Waals surface area contributed by atoms with Gasteiger partial charge in [0.25, 0.3) is 0 Å². The number of carbonyl (C=O) groups is 2. The quantitative estimate of drug-likeness (QED) is 0.898. The number of carboxylic acids is 1. The maximum atomic E-state index is 12.3. The molecule has 0 radical (unpaired) electrons. The third kappa shape index (κ3) is 4.35. The van der Waals surface area contributed by atoms with Crippen LogP contribution in [0.4, 0.5) is 4.79 Å². The number of carbonyl (C=O) groups excluding carboxylic acids is 1. The Balaban J connectivity index is 2.30. The summed E-state index contributed by atoms with van der Waals surface area (Å²) in [5, 5.41) is 9.60. The Kier molecular flexibility index (Phi) is 5.45. The van der Waals surface area contributed by atoms with Crippen LogP contribution in [0.2, 0.25) is 0 Å². The average molecular weight is 351 g/mol. The van der Waals surface area contributed by atoms with E-state index in [9.17, 15) is 14.7 Å². The highest BCUT2D eigenvalue weighted by Gasteiger charge is 2.42. The molecule has 2 rings (SSSR count). The third-order valence-electron chi connectivity index (χ3n) is 4.13. The molecule has 1 aliphatic rings. The molecule has 0 aromatic heterocycles. The van der Waals surface area contributed by atoms with Gasteiger partial charge in [-0.05, 0) is 26.8 Å². The minimum absolute atomic E-state index is 0.101. The smallest absolute Gasteiger partial charge is 0.410 e. The van der Waals surface area contributed by atoms with Gasteiger partial charge in [0.15, 0.2) is 0 Å². The van der Waals surface area contributed by atoms with Crippen molar-refractivity contribution in [1.82, 2.24) is 4.90 Å². The zero-order chi connectivity index (χ0) is 18.8. The van der Waals surface area contributed by atoms with Crippen LogP contribution in [-0.2, 0) is 9.53 Å². The summed E-state index contributed by atoms with van der Waals surface area (Å²) in [5.74, 6) is -0.897. The van der Waals surface area contributed by atoms with Crippen LogP contribution in [0.3, 0.4) is 0 Å². The van der Waals surface area contributed by atoms with Crippen LogP contribution in [0, 0.1) is 5.92 Å². The normalized spacial score (nSPS) is 20.3. The van der Waals surface area contributed by atoms with Gasteiger partial charge in [-0.25, -0.2) is 4.79 Å². The van der Waals surface area contributed by atoms with E-state index in [0.717, 1.165) is 5.56 Å². The average Bonchev–Trinajstić information content (AvgIpc) is 2.98. The molecule has 0 aliphatic carbocycles. The Hall–Kier alpha value is -2.44. The SMILES string of the molecule is COc1ccc(C2CN(C(=O)OC(C)(C)C)CC2C(=O)O)c(OC)c1. The Morgan fingerprint density at radius 3 is 2.36 bits per heavy atom. The third-order valence-corrected chi connectivity index (χ3v) is 4.13. The maximum Gasteiger partial charge on any atom is 0.410 e. The van der Waals surface area contributed by atoms with Crippen molar-refractivity contribution in [2.45, 2.75) is 32.3 Å². The number of carboxylic acid groups (broad SMARTS) is 1. The summed E-state index contributed by atoms with van der Waals surface area (Å²) < 4.78 is 15.9. The summed E-state index contributed by atoms with van der Waals surface area (Å²) >= 11 is 0. The standard InChI is InChI=1S/C18H25NO6/c1-18(2,3)25-17(22)19-9-13(14(10-19)16(20)21)12-7-6-11(23-4)8-15(12)24-5/h6-8,13-14H,9-10H2,1-5H3,(H,20,21). The molecule has 138 valence electrons. The second-order valence-electron chi connectivity index (χ2n) is 7.04. The second-order valence-corrected chi connectivity index (χ2v) is 7.04. The molecule has 1 aliphatic heterocycles. The van der Waals surface area contributed by atoms with Crippen LogP contribution < -0.4 is 9.47 Å². The van der Waals surface area contributed by atoms with E-state index in [-0.39, 0.29) is 19.0 Å². The lowest BCUT2D eigenvalue weighted by Crippen LogP contribution is -2.35. The first-order chi connectivity index (χ1) is 11.7. The predicted molar refractivity (Wildman–Crippen MR) is 91.2 cm³/mol. The van der Waals surface area contributed by atoms with Crippen LogP contribution in [0.25, 0.3) is 0 Å². The molecule has 1 aromatic rings. The molecule has 1 saturated heterocycles. The first-order valence-corrected chi connectivity index (χ1v) is 8.09. The number of hydrogen-bond donors (Lipinski definition) is 1. The van der Waals surface area contributed by atoms with Crippen LogP contribution in [-0.4, -0.2) is 55.0 Å². The van der Waals surface area contributed by atoms with E-state index in [2.05, 4.69) is 0 Å². The number of rotatable bonds is 4. The summed E-state index contributed by atoms with van der Waals surface area (Å²) in [6.45, 7) is 5.69. The largest absolute Gasteiger partial charge is 0.497 e. The molecule has 1 amide bonds. The van der Waals surface area contributed by atoms with Crippen LogP contribution in [0.5, 0.6) is 11.5 Å². The fourth-order valence-corrected chi connectivity index (χ4v) is 2.97. The fraction of sp³-hybridized carbons (Fsp3) is 0.556. The number of methoxy groups -OCH3 is 2. The van der Waals surface area contributed by atoms with E-state index >= 15 is 0 Å². The predicted octanol–water partition coefficient (Wildman–Crippen LogP) is 2.74. The molecule has 1 aromatic carbocycles. The van der Waals surface area contributed by atoms with Gasteiger partial charge in [-0.1, -0.05) is 6.07 Å². The van der Waals surface area contributed by atoms with Crippen molar-refractivity contribution >= 4 is 12.1 Å². The molecule has 1 heterocycles. The fourth-order valence-electron chi connectivity index (χ4n) is 2.97. The molecule has 25 heavy (non-hydrogen) atoms. The highest BCUT2D eigenvalue weighted by atomic mass is 16.6. The number of amides is 1. The van der Waals surface area contributed by atoms with Crippen molar-refractivity contribution in [3.63, 3.8) is 0 Å². The topological polar surface area (TPSA) is 85.3 Å². The summed E-state index contributed by atoms with van der Waals surface area (Å²) in [6, 6.07) is 5.26. The van der Waals surface area contributed by atoms with E-state index in [1.807, 2.05) is 0 Å². The van der Waals surface area contributed by atoms with Crippen molar-refractivity contribution in [1.29, 1.82) is 0 Å². The minimum atomic E-state index is -0.950. The first kappa shape index (κ1) is 18.9. The van der Waals surface area contributed by atoms with Crippen molar-refractivity contribution in [3.05, 3.63) is 23.8 Å². The van der Waals surface area contributed by atoms with Crippen molar-refractivity contribution in [3.8, 4) is 11.5 Å². The summed E-state index contributed by atoms with van der Waals surface area (Å²) in [5.41, 5.74) is 0.104. The van der Waals surface area contributed by atoms with E-state index in [4.69, 9.17) is 14.2 Å². The Bertz CT molecular complexity index is 651. The van der Waals surface area contributed by atoms with E-state index < -0.39 is 23.6 Å². The van der Waals surface area contributed by atoms with Gasteiger partial charge in [-0.3, -0.25) is 4.79 Å². The van der Waals surface area contributed by atoms with Gasteiger partial charge < -0.3 is 24.2 Å². The molecular formula is C18H25NO6. The van der Waals surface area contributed by atoms with Crippen molar-refractivity contribution in [2.24, 2.45) is 5.92 Å². The zero-order valence-electron chi connectivity index (χ0n) is 15.2. The molecule has 0 bridgehead atoms. The lowest BCUT2D eigenvalue weighted by molar-refractivity contribution is -0.141. The van der Waals surface area contributed by atoms with E-state index in [0.29, 0.717) is 11.5 Å². The maximum absolute atomic E-state index is 12.3.